The molecular formula is C13H17N5. The van der Waals surface area contributed by atoms with Crippen LogP contribution in [0.1, 0.15) is 12.8 Å². The number of nitrogens with zero attached hydrogens (tertiary/aromatic N) is 3. The first kappa shape index (κ1) is 11.2. The molecule has 0 radical (unpaired) electrons. The number of piperidine rings is 1. The van der Waals surface area contributed by atoms with Crippen molar-refractivity contribution in [1.29, 1.82) is 0 Å². The minimum atomic E-state index is 0.562. The molecule has 3 heterocycles. The first-order chi connectivity index (χ1) is 8.92. The summed E-state index contributed by atoms with van der Waals surface area (Å²) in [7, 11) is 0. The molecule has 0 atom stereocenters. The van der Waals surface area contributed by atoms with Gasteiger partial charge in [0, 0.05) is 18.4 Å². The van der Waals surface area contributed by atoms with Gasteiger partial charge in [-0.1, -0.05) is 0 Å². The highest BCUT2D eigenvalue weighted by Gasteiger charge is 2.12. The van der Waals surface area contributed by atoms with E-state index in [0.29, 0.717) is 6.04 Å². The minimum absolute atomic E-state index is 0.562. The Labute approximate surface area is 106 Å². The number of pyridine rings is 1. The highest BCUT2D eigenvalue weighted by molar-refractivity contribution is 5.44. The summed E-state index contributed by atoms with van der Waals surface area (Å²) in [5.74, 6) is 0.892. The molecule has 1 aliphatic heterocycles. The molecular weight excluding hydrogens is 226 g/mol. The van der Waals surface area contributed by atoms with Crippen LogP contribution in [-0.2, 0) is 0 Å². The summed E-state index contributed by atoms with van der Waals surface area (Å²) >= 11 is 0. The maximum absolute atomic E-state index is 4.43. The Morgan fingerprint density at radius 1 is 1.28 bits per heavy atom. The summed E-state index contributed by atoms with van der Waals surface area (Å²) in [6, 6.07) is 4.64. The lowest BCUT2D eigenvalue weighted by Crippen LogP contribution is -2.35. The summed E-state index contributed by atoms with van der Waals surface area (Å²) in [4.78, 5) is 8.45. The Kier molecular flexibility index (Phi) is 3.23. The number of anilines is 1. The number of imidazole rings is 1. The van der Waals surface area contributed by atoms with Gasteiger partial charge in [-0.05, 0) is 38.1 Å². The summed E-state index contributed by atoms with van der Waals surface area (Å²) in [6.45, 7) is 2.19. The quantitative estimate of drug-likeness (QED) is 0.856. The molecule has 0 spiro atoms. The van der Waals surface area contributed by atoms with Crippen molar-refractivity contribution in [1.82, 2.24) is 19.9 Å². The maximum atomic E-state index is 4.43. The molecule has 5 heteroatoms. The van der Waals surface area contributed by atoms with Crippen LogP contribution in [0.4, 0.5) is 5.69 Å². The van der Waals surface area contributed by atoms with Gasteiger partial charge in [0.05, 0.1) is 11.9 Å². The van der Waals surface area contributed by atoms with Gasteiger partial charge < -0.3 is 10.6 Å². The van der Waals surface area contributed by atoms with Crippen molar-refractivity contribution in [3.63, 3.8) is 0 Å². The van der Waals surface area contributed by atoms with Gasteiger partial charge in [-0.25, -0.2) is 9.97 Å². The van der Waals surface area contributed by atoms with Crippen molar-refractivity contribution < 1.29 is 0 Å². The molecule has 0 amide bonds. The van der Waals surface area contributed by atoms with E-state index in [0.717, 1.165) is 24.6 Å². The Morgan fingerprint density at radius 2 is 2.17 bits per heavy atom. The Bertz CT molecular complexity index is 471. The average molecular weight is 243 g/mol. The lowest BCUT2D eigenvalue weighted by Gasteiger charge is -2.24. The van der Waals surface area contributed by atoms with E-state index in [1.807, 2.05) is 23.0 Å². The number of hydrogen-bond acceptors (Lipinski definition) is 4. The predicted octanol–water partition coefficient (Wildman–Crippen LogP) is 1.43. The van der Waals surface area contributed by atoms with E-state index >= 15 is 0 Å². The van der Waals surface area contributed by atoms with E-state index in [1.165, 1.54) is 12.8 Å². The predicted molar refractivity (Wildman–Crippen MR) is 70.9 cm³/mol. The fraction of sp³-hybridized carbons (Fsp3) is 0.385. The smallest absolute Gasteiger partial charge is 0.137 e. The van der Waals surface area contributed by atoms with Crippen molar-refractivity contribution in [3.05, 3.63) is 37.1 Å². The number of hydrogen-bond donors (Lipinski definition) is 2. The largest absolute Gasteiger partial charge is 0.381 e. The van der Waals surface area contributed by atoms with Crippen LogP contribution in [0.2, 0.25) is 0 Å². The normalized spacial score (nSPS) is 16.7. The zero-order valence-corrected chi connectivity index (χ0v) is 10.2. The molecule has 3 rings (SSSR count). The highest BCUT2D eigenvalue weighted by atomic mass is 15.1. The molecule has 18 heavy (non-hydrogen) atoms. The van der Waals surface area contributed by atoms with Crippen LogP contribution < -0.4 is 10.6 Å². The van der Waals surface area contributed by atoms with Gasteiger partial charge in [-0.3, -0.25) is 4.57 Å². The Morgan fingerprint density at radius 3 is 2.83 bits per heavy atom. The van der Waals surface area contributed by atoms with Gasteiger partial charge in [0.15, 0.2) is 0 Å². The van der Waals surface area contributed by atoms with E-state index < -0.39 is 0 Å². The molecule has 0 aliphatic carbocycles. The number of nitrogens with one attached hydrogen (secondary N) is 2. The lowest BCUT2D eigenvalue weighted by atomic mass is 10.1. The van der Waals surface area contributed by atoms with Crippen LogP contribution in [0, 0.1) is 0 Å². The van der Waals surface area contributed by atoms with Crippen molar-refractivity contribution in [2.45, 2.75) is 18.9 Å². The summed E-state index contributed by atoms with van der Waals surface area (Å²) < 4.78 is 1.90. The first-order valence-electron chi connectivity index (χ1n) is 6.33. The molecule has 2 aromatic rings. The molecule has 0 saturated carbocycles. The highest BCUT2D eigenvalue weighted by Crippen LogP contribution is 2.14. The minimum Gasteiger partial charge on any atom is -0.381 e. The molecule has 2 N–H and O–H groups in total. The van der Waals surface area contributed by atoms with Gasteiger partial charge in [-0.2, -0.15) is 0 Å². The standard InChI is InChI=1S/C13H17N5/c1-2-13(18-8-7-15-10-18)16-9-12(1)17-11-3-5-14-6-4-11/h1-2,7-11,14,17H,3-6H2. The van der Waals surface area contributed by atoms with Crippen LogP contribution in [0.5, 0.6) is 0 Å². The van der Waals surface area contributed by atoms with Crippen LogP contribution in [0.25, 0.3) is 5.82 Å². The van der Waals surface area contributed by atoms with E-state index in [4.69, 9.17) is 0 Å². The van der Waals surface area contributed by atoms with E-state index in [-0.39, 0.29) is 0 Å². The lowest BCUT2D eigenvalue weighted by molar-refractivity contribution is 0.479. The van der Waals surface area contributed by atoms with Gasteiger partial charge in [0.2, 0.25) is 0 Å². The molecule has 5 nitrogen and oxygen atoms in total. The molecule has 2 aromatic heterocycles. The van der Waals surface area contributed by atoms with Crippen molar-refractivity contribution >= 4 is 5.69 Å². The average Bonchev–Trinajstić information content (AvgIpc) is 2.95. The van der Waals surface area contributed by atoms with Gasteiger partial charge >= 0.3 is 0 Å². The van der Waals surface area contributed by atoms with Crippen LogP contribution in [-0.4, -0.2) is 33.7 Å². The second-order valence-corrected chi connectivity index (χ2v) is 4.54. The van der Waals surface area contributed by atoms with E-state index in [9.17, 15) is 0 Å². The fourth-order valence-electron chi connectivity index (χ4n) is 2.22. The first-order valence-corrected chi connectivity index (χ1v) is 6.33. The monoisotopic (exact) mass is 243 g/mol. The molecule has 94 valence electrons. The second kappa shape index (κ2) is 5.18. The summed E-state index contributed by atoms with van der Waals surface area (Å²) in [5, 5.41) is 6.89. The number of rotatable bonds is 3. The maximum Gasteiger partial charge on any atom is 0.137 e. The molecule has 0 unspecified atom stereocenters. The Hall–Kier alpha value is -1.88. The second-order valence-electron chi connectivity index (χ2n) is 4.54. The van der Waals surface area contributed by atoms with Gasteiger partial charge in [0.1, 0.15) is 12.1 Å². The molecule has 1 aliphatic rings. The third-order valence-electron chi connectivity index (χ3n) is 3.23. The van der Waals surface area contributed by atoms with Gasteiger partial charge in [0.25, 0.3) is 0 Å². The van der Waals surface area contributed by atoms with E-state index in [1.54, 1.807) is 12.5 Å². The number of aromatic nitrogens is 3. The summed E-state index contributed by atoms with van der Waals surface area (Å²) in [6.07, 6.45) is 9.62. The fourth-order valence-corrected chi connectivity index (χ4v) is 2.22. The molecule has 0 aromatic carbocycles. The van der Waals surface area contributed by atoms with E-state index in [2.05, 4.69) is 26.7 Å². The third kappa shape index (κ3) is 2.51. The molecule has 1 fully saturated rings. The van der Waals surface area contributed by atoms with Gasteiger partial charge in [-0.15, -0.1) is 0 Å². The van der Waals surface area contributed by atoms with Crippen molar-refractivity contribution in [2.24, 2.45) is 0 Å². The van der Waals surface area contributed by atoms with Crippen molar-refractivity contribution in [2.75, 3.05) is 18.4 Å². The summed E-state index contributed by atoms with van der Waals surface area (Å²) in [5.41, 5.74) is 1.09. The van der Waals surface area contributed by atoms with Crippen LogP contribution >= 0.6 is 0 Å². The van der Waals surface area contributed by atoms with Crippen LogP contribution in [0.15, 0.2) is 37.1 Å². The molecule has 0 bridgehead atoms. The SMILES string of the molecule is c1cn(-c2ccc(NC3CCNCC3)cn2)cn1. The Balaban J connectivity index is 1.67. The third-order valence-corrected chi connectivity index (χ3v) is 3.23. The zero-order chi connectivity index (χ0) is 12.2. The molecule has 1 saturated heterocycles. The topological polar surface area (TPSA) is 54.8 Å². The zero-order valence-electron chi connectivity index (χ0n) is 10.2. The van der Waals surface area contributed by atoms with Crippen molar-refractivity contribution in [3.8, 4) is 5.82 Å². The van der Waals surface area contributed by atoms with Crippen LogP contribution in [0.3, 0.4) is 0 Å².